The Kier molecular flexibility index (Phi) is 7.24. The lowest BCUT2D eigenvalue weighted by Crippen LogP contribution is -2.13. The van der Waals surface area contributed by atoms with E-state index in [0.717, 1.165) is 30.5 Å². The molecule has 4 nitrogen and oxygen atoms in total. The standard InChI is InChI=1S/C20H22F3NO3/c1-3-4-11-27-13-15-12-14(5-10-18(15)26-2)19(25)24-17-8-6-16(7-9-17)20(21,22)23/h5-10,12H,3-4,11,13H2,1-2H3,(H,24,25). The van der Waals surface area contributed by atoms with Gasteiger partial charge in [0.2, 0.25) is 0 Å². The third-order valence-electron chi connectivity index (χ3n) is 3.91. The largest absolute Gasteiger partial charge is 0.496 e. The first-order chi connectivity index (χ1) is 12.8. The van der Waals surface area contributed by atoms with E-state index < -0.39 is 17.6 Å². The molecule has 2 aromatic rings. The van der Waals surface area contributed by atoms with Crippen LogP contribution in [0, 0.1) is 0 Å². The molecule has 0 saturated heterocycles. The van der Waals surface area contributed by atoms with E-state index in [4.69, 9.17) is 9.47 Å². The molecule has 0 aliphatic heterocycles. The van der Waals surface area contributed by atoms with Crippen LogP contribution in [-0.2, 0) is 17.5 Å². The van der Waals surface area contributed by atoms with E-state index >= 15 is 0 Å². The number of methoxy groups -OCH3 is 1. The molecule has 0 bridgehead atoms. The average molecular weight is 381 g/mol. The van der Waals surface area contributed by atoms with Crippen molar-refractivity contribution in [2.24, 2.45) is 0 Å². The second-order valence-electron chi connectivity index (χ2n) is 5.96. The van der Waals surface area contributed by atoms with Gasteiger partial charge in [0, 0.05) is 23.4 Å². The average Bonchev–Trinajstić information content (AvgIpc) is 2.64. The number of ether oxygens (including phenoxy) is 2. The molecule has 0 aromatic heterocycles. The van der Waals surface area contributed by atoms with E-state index in [0.29, 0.717) is 24.5 Å². The van der Waals surface area contributed by atoms with Crippen molar-refractivity contribution in [1.29, 1.82) is 0 Å². The minimum absolute atomic E-state index is 0.282. The number of nitrogens with one attached hydrogen (secondary N) is 1. The molecule has 1 N–H and O–H groups in total. The Bertz CT molecular complexity index is 758. The van der Waals surface area contributed by atoms with E-state index in [-0.39, 0.29) is 5.69 Å². The summed E-state index contributed by atoms with van der Waals surface area (Å²) in [6, 6.07) is 9.21. The molecule has 27 heavy (non-hydrogen) atoms. The first-order valence-electron chi connectivity index (χ1n) is 8.58. The Morgan fingerprint density at radius 2 is 1.81 bits per heavy atom. The Balaban J connectivity index is 2.09. The highest BCUT2D eigenvalue weighted by molar-refractivity contribution is 6.04. The normalized spacial score (nSPS) is 11.3. The third kappa shape index (κ3) is 5.99. The molecule has 0 fully saturated rings. The van der Waals surface area contributed by atoms with Crippen LogP contribution in [-0.4, -0.2) is 19.6 Å². The molecule has 0 heterocycles. The van der Waals surface area contributed by atoms with Crippen molar-refractivity contribution in [1.82, 2.24) is 0 Å². The molecule has 146 valence electrons. The number of hydrogen-bond acceptors (Lipinski definition) is 3. The van der Waals surface area contributed by atoms with Crippen LogP contribution in [0.25, 0.3) is 0 Å². The molecule has 0 atom stereocenters. The molecule has 0 unspecified atom stereocenters. The number of hydrogen-bond donors (Lipinski definition) is 1. The zero-order valence-corrected chi connectivity index (χ0v) is 15.2. The summed E-state index contributed by atoms with van der Waals surface area (Å²) < 4.78 is 48.7. The van der Waals surface area contributed by atoms with Crippen LogP contribution in [0.2, 0.25) is 0 Å². The highest BCUT2D eigenvalue weighted by Crippen LogP contribution is 2.30. The maximum Gasteiger partial charge on any atom is 0.416 e. The molecular formula is C20H22F3NO3. The quantitative estimate of drug-likeness (QED) is 0.633. The van der Waals surface area contributed by atoms with Crippen LogP contribution in [0.5, 0.6) is 5.75 Å². The molecular weight excluding hydrogens is 359 g/mol. The summed E-state index contributed by atoms with van der Waals surface area (Å²) in [5, 5.41) is 2.59. The fourth-order valence-electron chi connectivity index (χ4n) is 2.41. The van der Waals surface area contributed by atoms with Crippen LogP contribution in [0.15, 0.2) is 42.5 Å². The van der Waals surface area contributed by atoms with Crippen molar-refractivity contribution < 1.29 is 27.4 Å². The maximum absolute atomic E-state index is 12.6. The van der Waals surface area contributed by atoms with Crippen molar-refractivity contribution in [3.63, 3.8) is 0 Å². The molecule has 2 aromatic carbocycles. The fraction of sp³-hybridized carbons (Fsp3) is 0.350. The predicted molar refractivity (Wildman–Crippen MR) is 97.0 cm³/mol. The number of anilines is 1. The third-order valence-corrected chi connectivity index (χ3v) is 3.91. The van der Waals surface area contributed by atoms with Gasteiger partial charge in [0.15, 0.2) is 0 Å². The van der Waals surface area contributed by atoms with Gasteiger partial charge in [-0.3, -0.25) is 4.79 Å². The Hall–Kier alpha value is -2.54. The van der Waals surface area contributed by atoms with E-state index in [1.165, 1.54) is 19.2 Å². The molecule has 7 heteroatoms. The van der Waals surface area contributed by atoms with Gasteiger partial charge in [-0.15, -0.1) is 0 Å². The van der Waals surface area contributed by atoms with Crippen LogP contribution < -0.4 is 10.1 Å². The van der Waals surface area contributed by atoms with Crippen LogP contribution >= 0.6 is 0 Å². The second-order valence-corrected chi connectivity index (χ2v) is 5.96. The predicted octanol–water partition coefficient (Wildman–Crippen LogP) is 5.28. The van der Waals surface area contributed by atoms with Crippen LogP contribution in [0.3, 0.4) is 0 Å². The van der Waals surface area contributed by atoms with Gasteiger partial charge in [0.1, 0.15) is 5.75 Å². The van der Waals surface area contributed by atoms with Gasteiger partial charge in [-0.25, -0.2) is 0 Å². The Labute approximate surface area is 156 Å². The smallest absolute Gasteiger partial charge is 0.416 e. The number of carbonyl (C=O) groups is 1. The summed E-state index contributed by atoms with van der Waals surface area (Å²) in [6.45, 7) is 2.99. The minimum atomic E-state index is -4.41. The second kappa shape index (κ2) is 9.41. The summed E-state index contributed by atoms with van der Waals surface area (Å²) in [5.41, 5.74) is 0.611. The van der Waals surface area contributed by atoms with Gasteiger partial charge < -0.3 is 14.8 Å². The van der Waals surface area contributed by atoms with Gasteiger partial charge in [-0.2, -0.15) is 13.2 Å². The molecule has 0 radical (unpaired) electrons. The molecule has 0 saturated carbocycles. The Morgan fingerprint density at radius 3 is 2.41 bits per heavy atom. The molecule has 0 aliphatic carbocycles. The number of amides is 1. The maximum atomic E-state index is 12.6. The van der Waals surface area contributed by atoms with Gasteiger partial charge in [-0.05, 0) is 48.9 Å². The first kappa shape index (κ1) is 20.8. The number of carbonyl (C=O) groups excluding carboxylic acids is 1. The van der Waals surface area contributed by atoms with E-state index in [2.05, 4.69) is 12.2 Å². The number of rotatable bonds is 8. The lowest BCUT2D eigenvalue weighted by atomic mass is 10.1. The number of halogens is 3. The van der Waals surface area contributed by atoms with Crippen molar-refractivity contribution >= 4 is 11.6 Å². The molecule has 0 spiro atoms. The van der Waals surface area contributed by atoms with Crippen molar-refractivity contribution in [3.8, 4) is 5.75 Å². The summed E-state index contributed by atoms with van der Waals surface area (Å²) in [6.07, 6.45) is -2.45. The van der Waals surface area contributed by atoms with Crippen LogP contribution in [0.1, 0.15) is 41.3 Å². The van der Waals surface area contributed by atoms with Crippen molar-refractivity contribution in [2.75, 3.05) is 19.0 Å². The van der Waals surface area contributed by atoms with Gasteiger partial charge in [-0.1, -0.05) is 13.3 Å². The zero-order chi connectivity index (χ0) is 19.9. The van der Waals surface area contributed by atoms with Crippen molar-refractivity contribution in [2.45, 2.75) is 32.5 Å². The number of unbranched alkanes of at least 4 members (excludes halogenated alkanes) is 1. The summed E-state index contributed by atoms with van der Waals surface area (Å²) >= 11 is 0. The minimum Gasteiger partial charge on any atom is -0.496 e. The lowest BCUT2D eigenvalue weighted by Gasteiger charge is -2.12. The topological polar surface area (TPSA) is 47.6 Å². The van der Waals surface area contributed by atoms with Crippen LogP contribution in [0.4, 0.5) is 18.9 Å². The first-order valence-corrected chi connectivity index (χ1v) is 8.58. The van der Waals surface area contributed by atoms with E-state index in [1.807, 2.05) is 0 Å². The van der Waals surface area contributed by atoms with E-state index in [1.54, 1.807) is 18.2 Å². The fourth-order valence-corrected chi connectivity index (χ4v) is 2.41. The van der Waals surface area contributed by atoms with Crippen molar-refractivity contribution in [3.05, 3.63) is 59.2 Å². The van der Waals surface area contributed by atoms with Gasteiger partial charge >= 0.3 is 6.18 Å². The van der Waals surface area contributed by atoms with Gasteiger partial charge in [0.05, 0.1) is 19.3 Å². The van der Waals surface area contributed by atoms with Gasteiger partial charge in [0.25, 0.3) is 5.91 Å². The zero-order valence-electron chi connectivity index (χ0n) is 15.2. The number of alkyl halides is 3. The molecule has 2 rings (SSSR count). The Morgan fingerprint density at radius 1 is 1.11 bits per heavy atom. The number of benzene rings is 2. The highest BCUT2D eigenvalue weighted by atomic mass is 19.4. The molecule has 0 aliphatic rings. The van der Waals surface area contributed by atoms with E-state index in [9.17, 15) is 18.0 Å². The molecule has 1 amide bonds. The summed E-state index contributed by atoms with van der Waals surface area (Å²) in [5.74, 6) is 0.185. The summed E-state index contributed by atoms with van der Waals surface area (Å²) in [4.78, 5) is 12.4. The SMILES string of the molecule is CCCCOCc1cc(C(=O)Nc2ccc(C(F)(F)F)cc2)ccc1OC. The highest BCUT2D eigenvalue weighted by Gasteiger charge is 2.30. The summed E-state index contributed by atoms with van der Waals surface area (Å²) in [7, 11) is 1.53. The monoisotopic (exact) mass is 381 g/mol. The lowest BCUT2D eigenvalue weighted by molar-refractivity contribution is -0.137.